The lowest BCUT2D eigenvalue weighted by Gasteiger charge is -2.18. The van der Waals surface area contributed by atoms with Crippen molar-refractivity contribution in [2.75, 3.05) is 18.0 Å². The summed E-state index contributed by atoms with van der Waals surface area (Å²) in [5.74, 6) is 0. The van der Waals surface area contributed by atoms with Gasteiger partial charge < -0.3 is 15.3 Å². The molecule has 1 aromatic rings. The maximum absolute atomic E-state index is 11.3. The summed E-state index contributed by atoms with van der Waals surface area (Å²) in [6.45, 7) is 1.12. The summed E-state index contributed by atoms with van der Waals surface area (Å²) in [5, 5.41) is 17.0. The molecule has 7 nitrogen and oxygen atoms in total. The number of halogens is 1. The molecule has 2 rings (SSSR count). The SMILES string of the molecule is O=C(O)N[C@H]1CCN(c2cn[nH]c(=O)c2Cl)C1. The molecule has 1 aromatic heterocycles. The quantitative estimate of drug-likeness (QED) is 0.707. The molecule has 0 bridgehead atoms. The highest BCUT2D eigenvalue weighted by molar-refractivity contribution is 6.33. The lowest BCUT2D eigenvalue weighted by Crippen LogP contribution is -2.36. The second-order valence-electron chi connectivity index (χ2n) is 3.78. The molecule has 2 heterocycles. The third-order valence-electron chi connectivity index (χ3n) is 2.63. The Bertz CT molecular complexity index is 489. The first-order valence-electron chi connectivity index (χ1n) is 5.05. The molecular formula is C9H11ClN4O3. The molecule has 0 radical (unpaired) electrons. The molecule has 8 heteroatoms. The van der Waals surface area contributed by atoms with Crippen molar-refractivity contribution >= 4 is 23.4 Å². The molecule has 1 atom stereocenters. The van der Waals surface area contributed by atoms with E-state index in [0.717, 1.165) is 0 Å². The van der Waals surface area contributed by atoms with Gasteiger partial charge in [0.25, 0.3) is 5.56 Å². The zero-order valence-electron chi connectivity index (χ0n) is 8.81. The van der Waals surface area contributed by atoms with Crippen molar-refractivity contribution in [2.45, 2.75) is 12.5 Å². The van der Waals surface area contributed by atoms with E-state index in [1.807, 2.05) is 4.90 Å². The van der Waals surface area contributed by atoms with Crippen LogP contribution in [0.25, 0.3) is 0 Å². The van der Waals surface area contributed by atoms with E-state index in [9.17, 15) is 9.59 Å². The van der Waals surface area contributed by atoms with Crippen molar-refractivity contribution in [2.24, 2.45) is 0 Å². The van der Waals surface area contributed by atoms with Gasteiger partial charge in [-0.05, 0) is 6.42 Å². The van der Waals surface area contributed by atoms with Crippen LogP contribution in [-0.4, -0.2) is 40.5 Å². The summed E-state index contributed by atoms with van der Waals surface area (Å²) in [4.78, 5) is 23.6. The molecule has 0 unspecified atom stereocenters. The first-order chi connectivity index (χ1) is 8.08. The second kappa shape index (κ2) is 4.62. The maximum Gasteiger partial charge on any atom is 0.404 e. The molecule has 1 fully saturated rings. The van der Waals surface area contributed by atoms with Crippen LogP contribution < -0.4 is 15.8 Å². The number of anilines is 1. The average molecular weight is 259 g/mol. The Kier molecular flexibility index (Phi) is 3.19. The molecule has 1 aliphatic rings. The molecular weight excluding hydrogens is 248 g/mol. The van der Waals surface area contributed by atoms with Gasteiger partial charge in [-0.1, -0.05) is 11.6 Å². The van der Waals surface area contributed by atoms with E-state index >= 15 is 0 Å². The van der Waals surface area contributed by atoms with Gasteiger partial charge in [0.2, 0.25) is 0 Å². The molecule has 1 aliphatic heterocycles. The third-order valence-corrected chi connectivity index (χ3v) is 3.00. The van der Waals surface area contributed by atoms with Crippen LogP contribution >= 0.6 is 11.6 Å². The summed E-state index contributed by atoms with van der Waals surface area (Å²) in [5.41, 5.74) is 0.0870. The van der Waals surface area contributed by atoms with E-state index in [1.165, 1.54) is 6.20 Å². The first kappa shape index (κ1) is 11.7. The number of rotatable bonds is 2. The third kappa shape index (κ3) is 2.50. The average Bonchev–Trinajstić information content (AvgIpc) is 2.69. The van der Waals surface area contributed by atoms with Crippen LogP contribution in [0.5, 0.6) is 0 Å². The summed E-state index contributed by atoms with van der Waals surface area (Å²) in [6.07, 6.45) is 1.09. The zero-order chi connectivity index (χ0) is 12.4. The number of nitrogens with zero attached hydrogens (tertiary/aromatic N) is 2. The normalized spacial score (nSPS) is 19.4. The van der Waals surface area contributed by atoms with E-state index in [2.05, 4.69) is 15.5 Å². The number of aromatic nitrogens is 2. The molecule has 92 valence electrons. The summed E-state index contributed by atoms with van der Waals surface area (Å²) in [6, 6.07) is -0.150. The Morgan fingerprint density at radius 1 is 1.71 bits per heavy atom. The van der Waals surface area contributed by atoms with E-state index in [1.54, 1.807) is 0 Å². The lowest BCUT2D eigenvalue weighted by molar-refractivity contribution is 0.191. The minimum atomic E-state index is -1.05. The number of aromatic amines is 1. The predicted molar refractivity (Wildman–Crippen MR) is 61.6 cm³/mol. The van der Waals surface area contributed by atoms with Gasteiger partial charge in [0.1, 0.15) is 5.02 Å². The Balaban J connectivity index is 2.12. The van der Waals surface area contributed by atoms with Crippen LogP contribution in [0.3, 0.4) is 0 Å². The van der Waals surface area contributed by atoms with Crippen LogP contribution in [0, 0.1) is 0 Å². The van der Waals surface area contributed by atoms with Gasteiger partial charge in [0.15, 0.2) is 0 Å². The van der Waals surface area contributed by atoms with Gasteiger partial charge in [0.05, 0.1) is 17.9 Å². The first-order valence-corrected chi connectivity index (χ1v) is 5.43. The highest BCUT2D eigenvalue weighted by atomic mass is 35.5. The molecule has 17 heavy (non-hydrogen) atoms. The molecule has 1 amide bonds. The Labute approximate surface area is 101 Å². The van der Waals surface area contributed by atoms with Crippen LogP contribution in [-0.2, 0) is 0 Å². The largest absolute Gasteiger partial charge is 0.465 e. The topological polar surface area (TPSA) is 98.3 Å². The number of hydrogen-bond acceptors (Lipinski definition) is 4. The number of H-pyrrole nitrogens is 1. The van der Waals surface area contributed by atoms with E-state index in [0.29, 0.717) is 25.2 Å². The smallest absolute Gasteiger partial charge is 0.404 e. The fraction of sp³-hybridized carbons (Fsp3) is 0.444. The summed E-state index contributed by atoms with van der Waals surface area (Å²) < 4.78 is 0. The molecule has 3 N–H and O–H groups in total. The fourth-order valence-electron chi connectivity index (χ4n) is 1.87. The Morgan fingerprint density at radius 2 is 2.47 bits per heavy atom. The number of carbonyl (C=O) groups is 1. The maximum atomic E-state index is 11.3. The van der Waals surface area contributed by atoms with Crippen molar-refractivity contribution < 1.29 is 9.90 Å². The van der Waals surface area contributed by atoms with Gasteiger partial charge in [-0.15, -0.1) is 0 Å². The molecule has 0 saturated carbocycles. The van der Waals surface area contributed by atoms with E-state index < -0.39 is 11.7 Å². The van der Waals surface area contributed by atoms with Crippen LogP contribution in [0.1, 0.15) is 6.42 Å². The van der Waals surface area contributed by atoms with Crippen molar-refractivity contribution in [3.8, 4) is 0 Å². The summed E-state index contributed by atoms with van der Waals surface area (Å²) in [7, 11) is 0. The number of nitrogens with one attached hydrogen (secondary N) is 2. The van der Waals surface area contributed by atoms with Gasteiger partial charge in [-0.25, -0.2) is 9.89 Å². The Hall–Kier alpha value is -1.76. The minimum absolute atomic E-state index is 0.0796. The molecule has 0 aromatic carbocycles. The number of amides is 1. The monoisotopic (exact) mass is 258 g/mol. The fourth-order valence-corrected chi connectivity index (χ4v) is 2.08. The molecule has 1 saturated heterocycles. The highest BCUT2D eigenvalue weighted by Crippen LogP contribution is 2.24. The van der Waals surface area contributed by atoms with Crippen molar-refractivity contribution in [3.63, 3.8) is 0 Å². The predicted octanol–water partition coefficient (Wildman–Crippen LogP) is 0.270. The number of carboxylic acid groups (broad SMARTS) is 1. The minimum Gasteiger partial charge on any atom is -0.465 e. The second-order valence-corrected chi connectivity index (χ2v) is 4.16. The van der Waals surface area contributed by atoms with Gasteiger partial charge in [0, 0.05) is 13.1 Å². The van der Waals surface area contributed by atoms with Crippen molar-refractivity contribution in [1.29, 1.82) is 0 Å². The van der Waals surface area contributed by atoms with Gasteiger partial charge in [-0.2, -0.15) is 5.10 Å². The zero-order valence-corrected chi connectivity index (χ0v) is 9.57. The lowest BCUT2D eigenvalue weighted by atomic mass is 10.3. The standard InChI is InChI=1S/C9H11ClN4O3/c10-7-6(3-11-13-8(7)15)14-2-1-5(4-14)12-9(16)17/h3,5,12H,1-2,4H2,(H,13,15)(H,16,17)/t5-/m0/s1. The molecule has 0 spiro atoms. The van der Waals surface area contributed by atoms with E-state index in [4.69, 9.17) is 16.7 Å². The van der Waals surface area contributed by atoms with E-state index in [-0.39, 0.29) is 11.1 Å². The van der Waals surface area contributed by atoms with Crippen molar-refractivity contribution in [1.82, 2.24) is 15.5 Å². The number of hydrogen-bond donors (Lipinski definition) is 3. The van der Waals surface area contributed by atoms with Crippen LogP contribution in [0.15, 0.2) is 11.0 Å². The van der Waals surface area contributed by atoms with Crippen LogP contribution in [0.2, 0.25) is 5.02 Å². The van der Waals surface area contributed by atoms with Gasteiger partial charge in [-0.3, -0.25) is 4.79 Å². The van der Waals surface area contributed by atoms with Crippen LogP contribution in [0.4, 0.5) is 10.5 Å². The van der Waals surface area contributed by atoms with Crippen molar-refractivity contribution in [3.05, 3.63) is 21.6 Å². The highest BCUT2D eigenvalue weighted by Gasteiger charge is 2.26. The van der Waals surface area contributed by atoms with Gasteiger partial charge >= 0.3 is 6.09 Å². The Morgan fingerprint density at radius 3 is 3.18 bits per heavy atom. The summed E-state index contributed by atoms with van der Waals surface area (Å²) >= 11 is 5.86. The molecule has 0 aliphatic carbocycles.